The molecule has 6 heteroatoms. The molecule has 5 nitrogen and oxygen atoms in total. The summed E-state index contributed by atoms with van der Waals surface area (Å²) in [5.74, 6) is -2.17. The Labute approximate surface area is 123 Å². The summed E-state index contributed by atoms with van der Waals surface area (Å²) in [7, 11) is 0. The van der Waals surface area contributed by atoms with Crippen molar-refractivity contribution in [3.63, 3.8) is 0 Å². The molecule has 18 heavy (non-hydrogen) atoms. The van der Waals surface area contributed by atoms with Gasteiger partial charge in [0.25, 0.3) is 0 Å². The SMILES string of the molecule is CC(=O)[O-].CC(=O)[O-].CCCCNCCCC.[Zn+2]. The van der Waals surface area contributed by atoms with E-state index in [4.69, 9.17) is 19.8 Å². The number of carbonyl (C=O) groups excluding carboxylic acids is 2. The molecule has 0 heterocycles. The predicted molar refractivity (Wildman–Crippen MR) is 64.0 cm³/mol. The first-order valence-electron chi connectivity index (χ1n) is 5.94. The zero-order valence-corrected chi connectivity index (χ0v) is 15.0. The second-order valence-electron chi connectivity index (χ2n) is 3.44. The van der Waals surface area contributed by atoms with Crippen molar-refractivity contribution in [3.8, 4) is 0 Å². The van der Waals surface area contributed by atoms with Crippen LogP contribution in [0.25, 0.3) is 0 Å². The molecule has 0 spiro atoms. The number of carboxylic acid groups (broad SMARTS) is 2. The second-order valence-corrected chi connectivity index (χ2v) is 3.44. The van der Waals surface area contributed by atoms with E-state index in [1.807, 2.05) is 0 Å². The number of nitrogens with one attached hydrogen (secondary N) is 1. The molecule has 0 aliphatic rings. The van der Waals surface area contributed by atoms with Gasteiger partial charge in [-0.15, -0.1) is 0 Å². The Bertz CT molecular complexity index is 151. The minimum atomic E-state index is -1.08. The van der Waals surface area contributed by atoms with Gasteiger partial charge in [-0.1, -0.05) is 26.7 Å². The number of aliphatic carboxylic acids is 2. The van der Waals surface area contributed by atoms with Crippen molar-refractivity contribution in [3.05, 3.63) is 0 Å². The van der Waals surface area contributed by atoms with Crippen LogP contribution in [-0.4, -0.2) is 25.0 Å². The van der Waals surface area contributed by atoms with Crippen molar-refractivity contribution in [1.82, 2.24) is 5.32 Å². The molecule has 0 rings (SSSR count). The Balaban J connectivity index is -0.0000000922. The summed E-state index contributed by atoms with van der Waals surface area (Å²) in [4.78, 5) is 17.8. The van der Waals surface area contributed by atoms with Gasteiger partial charge in [-0.25, -0.2) is 0 Å². The van der Waals surface area contributed by atoms with Crippen molar-refractivity contribution in [2.24, 2.45) is 0 Å². The molecular weight excluding hydrogens is 288 g/mol. The van der Waals surface area contributed by atoms with Gasteiger partial charge in [-0.2, -0.15) is 0 Å². The van der Waals surface area contributed by atoms with Crippen LogP contribution in [0.1, 0.15) is 53.4 Å². The summed E-state index contributed by atoms with van der Waals surface area (Å²) >= 11 is 0. The normalized spacial score (nSPS) is 7.78. The maximum absolute atomic E-state index is 8.89. The third-order valence-electron chi connectivity index (χ3n) is 1.41. The number of carboxylic acids is 2. The fourth-order valence-corrected chi connectivity index (χ4v) is 0.729. The Hall–Kier alpha value is -0.477. The van der Waals surface area contributed by atoms with E-state index in [9.17, 15) is 0 Å². The Morgan fingerprint density at radius 3 is 1.28 bits per heavy atom. The summed E-state index contributed by atoms with van der Waals surface area (Å²) in [6.45, 7) is 8.80. The van der Waals surface area contributed by atoms with Crippen molar-refractivity contribution in [2.75, 3.05) is 13.1 Å². The number of hydrogen-bond acceptors (Lipinski definition) is 5. The summed E-state index contributed by atoms with van der Waals surface area (Å²) in [6, 6.07) is 0. The molecule has 0 aromatic rings. The van der Waals surface area contributed by atoms with Crippen LogP contribution in [0.3, 0.4) is 0 Å². The molecule has 0 aromatic heterocycles. The van der Waals surface area contributed by atoms with Crippen molar-refractivity contribution < 1.29 is 39.3 Å². The first kappa shape index (κ1) is 26.2. The topological polar surface area (TPSA) is 92.3 Å². The minimum absolute atomic E-state index is 0. The average Bonchev–Trinajstić information content (AvgIpc) is 2.16. The van der Waals surface area contributed by atoms with Crippen LogP contribution < -0.4 is 15.5 Å². The molecular formula is C12H25NO4Zn. The predicted octanol–water partition coefficient (Wildman–Crippen LogP) is -0.314. The van der Waals surface area contributed by atoms with Gasteiger partial charge in [0.15, 0.2) is 0 Å². The van der Waals surface area contributed by atoms with Crippen LogP contribution in [0.4, 0.5) is 0 Å². The van der Waals surface area contributed by atoms with E-state index in [-0.39, 0.29) is 19.5 Å². The van der Waals surface area contributed by atoms with Crippen LogP contribution in [-0.2, 0) is 29.1 Å². The molecule has 0 aliphatic carbocycles. The maximum atomic E-state index is 8.89. The zero-order chi connectivity index (χ0) is 14.1. The summed E-state index contributed by atoms with van der Waals surface area (Å²) in [6.07, 6.45) is 5.26. The van der Waals surface area contributed by atoms with E-state index in [1.54, 1.807) is 0 Å². The van der Waals surface area contributed by atoms with Gasteiger partial charge >= 0.3 is 19.5 Å². The molecule has 0 aliphatic heterocycles. The third-order valence-corrected chi connectivity index (χ3v) is 1.41. The van der Waals surface area contributed by atoms with E-state index >= 15 is 0 Å². The quantitative estimate of drug-likeness (QED) is 0.536. The largest absolute Gasteiger partial charge is 2.00 e. The molecule has 0 saturated heterocycles. The maximum Gasteiger partial charge on any atom is 2.00 e. The van der Waals surface area contributed by atoms with Gasteiger partial charge in [0.2, 0.25) is 0 Å². The van der Waals surface area contributed by atoms with E-state index in [1.165, 1.54) is 38.8 Å². The fourth-order valence-electron chi connectivity index (χ4n) is 0.729. The summed E-state index contributed by atoms with van der Waals surface area (Å²) in [5, 5.41) is 21.2. The van der Waals surface area contributed by atoms with Crippen molar-refractivity contribution >= 4 is 11.9 Å². The van der Waals surface area contributed by atoms with Gasteiger partial charge in [0.05, 0.1) is 0 Å². The van der Waals surface area contributed by atoms with E-state index in [0.717, 1.165) is 13.8 Å². The summed E-state index contributed by atoms with van der Waals surface area (Å²) in [5.41, 5.74) is 0. The fraction of sp³-hybridized carbons (Fsp3) is 0.833. The minimum Gasteiger partial charge on any atom is -0.550 e. The first-order chi connectivity index (χ1) is 7.88. The second kappa shape index (κ2) is 25.4. The number of carbonyl (C=O) groups is 2. The monoisotopic (exact) mass is 311 g/mol. The van der Waals surface area contributed by atoms with Crippen LogP contribution >= 0.6 is 0 Å². The van der Waals surface area contributed by atoms with Crippen LogP contribution in [0.2, 0.25) is 0 Å². The number of hydrogen-bond donors (Lipinski definition) is 1. The average molecular weight is 313 g/mol. The third kappa shape index (κ3) is 107. The molecule has 0 saturated carbocycles. The van der Waals surface area contributed by atoms with Gasteiger partial charge in [-0.3, -0.25) is 0 Å². The van der Waals surface area contributed by atoms with Crippen molar-refractivity contribution in [2.45, 2.75) is 53.4 Å². The number of rotatable bonds is 6. The van der Waals surface area contributed by atoms with Crippen LogP contribution in [0, 0.1) is 0 Å². The smallest absolute Gasteiger partial charge is 0.550 e. The molecule has 0 radical (unpaired) electrons. The molecule has 0 fully saturated rings. The first-order valence-corrected chi connectivity index (χ1v) is 5.94. The van der Waals surface area contributed by atoms with Crippen LogP contribution in [0.15, 0.2) is 0 Å². The molecule has 104 valence electrons. The molecule has 0 atom stereocenters. The Morgan fingerprint density at radius 2 is 1.11 bits per heavy atom. The molecule has 0 bridgehead atoms. The van der Waals surface area contributed by atoms with E-state index < -0.39 is 11.9 Å². The van der Waals surface area contributed by atoms with Gasteiger partial charge in [0.1, 0.15) is 0 Å². The Morgan fingerprint density at radius 1 is 0.889 bits per heavy atom. The van der Waals surface area contributed by atoms with Gasteiger partial charge in [0, 0.05) is 11.9 Å². The standard InChI is InChI=1S/C8H19N.2C2H4O2.Zn/c1-3-5-7-9-8-6-4-2;2*1-2(3)4;/h9H,3-8H2,1-2H3;2*1H3,(H,3,4);/q;;;+2/p-2. The molecule has 0 unspecified atom stereocenters. The van der Waals surface area contributed by atoms with Crippen molar-refractivity contribution in [1.29, 1.82) is 0 Å². The molecule has 0 amide bonds. The molecule has 1 N–H and O–H groups in total. The van der Waals surface area contributed by atoms with Gasteiger partial charge in [-0.05, 0) is 39.8 Å². The molecule has 0 aromatic carbocycles. The van der Waals surface area contributed by atoms with E-state index in [2.05, 4.69) is 19.2 Å². The van der Waals surface area contributed by atoms with Crippen LogP contribution in [0.5, 0.6) is 0 Å². The zero-order valence-electron chi connectivity index (χ0n) is 12.1. The summed E-state index contributed by atoms with van der Waals surface area (Å²) < 4.78 is 0. The number of unbranched alkanes of at least 4 members (excludes halogenated alkanes) is 2. The Kier molecular flexibility index (Phi) is 36.9. The van der Waals surface area contributed by atoms with Gasteiger partial charge < -0.3 is 25.1 Å². The van der Waals surface area contributed by atoms with E-state index in [0.29, 0.717) is 0 Å².